The van der Waals surface area contributed by atoms with E-state index in [-0.39, 0.29) is 6.17 Å². The van der Waals surface area contributed by atoms with E-state index in [0.717, 1.165) is 42.0 Å². The molecule has 5 heteroatoms. The van der Waals surface area contributed by atoms with Crippen molar-refractivity contribution < 1.29 is 5.11 Å². The Hall–Kier alpha value is -1.40. The summed E-state index contributed by atoms with van der Waals surface area (Å²) in [5.41, 5.74) is 2.16. The van der Waals surface area contributed by atoms with Crippen LogP contribution in [0.15, 0.2) is 59.1 Å². The smallest absolute Gasteiger partial charge is 0.113 e. The number of nitrogens with zero attached hydrogens (tertiary/aromatic N) is 2. The van der Waals surface area contributed by atoms with Gasteiger partial charge in [-0.15, -0.1) is 0 Å². The highest BCUT2D eigenvalue weighted by molar-refractivity contribution is 9.10. The topological polar surface area (TPSA) is 38.7 Å². The molecule has 2 aromatic rings. The molecule has 2 N–H and O–H groups in total. The van der Waals surface area contributed by atoms with Crippen molar-refractivity contribution in [3.05, 3.63) is 59.1 Å². The molecule has 3 rings (SSSR count). The van der Waals surface area contributed by atoms with Crippen LogP contribution in [0.5, 0.6) is 0 Å². The van der Waals surface area contributed by atoms with Gasteiger partial charge in [0.05, 0.1) is 6.10 Å². The summed E-state index contributed by atoms with van der Waals surface area (Å²) in [4.78, 5) is 4.60. The van der Waals surface area contributed by atoms with Crippen LogP contribution in [0.4, 0.5) is 11.4 Å². The van der Waals surface area contributed by atoms with Gasteiger partial charge in [0.1, 0.15) is 6.17 Å². The molecule has 4 nitrogen and oxygen atoms in total. The average Bonchev–Trinajstić information content (AvgIpc) is 2.62. The number of piperazine rings is 1. The lowest BCUT2D eigenvalue weighted by Gasteiger charge is -2.44. The van der Waals surface area contributed by atoms with E-state index in [0.29, 0.717) is 0 Å². The molecule has 1 saturated heterocycles. The molecule has 2 aromatic carbocycles. The van der Waals surface area contributed by atoms with Gasteiger partial charge in [0, 0.05) is 42.0 Å². The summed E-state index contributed by atoms with van der Waals surface area (Å²) in [6.07, 6.45) is -0.581. The van der Waals surface area contributed by atoms with Gasteiger partial charge in [-0.2, -0.15) is 0 Å². The van der Waals surface area contributed by atoms with Crippen LogP contribution in [0, 0.1) is 0 Å². The Morgan fingerprint density at radius 1 is 1.00 bits per heavy atom. The van der Waals surface area contributed by atoms with Crippen molar-refractivity contribution in [3.63, 3.8) is 0 Å². The van der Waals surface area contributed by atoms with Gasteiger partial charge in [0.2, 0.25) is 0 Å². The van der Waals surface area contributed by atoms with Gasteiger partial charge >= 0.3 is 0 Å². The maximum absolute atomic E-state index is 10.6. The molecule has 1 heterocycles. The highest BCUT2D eigenvalue weighted by atomic mass is 79.9. The van der Waals surface area contributed by atoms with Crippen LogP contribution in [0.2, 0.25) is 0 Å². The van der Waals surface area contributed by atoms with E-state index in [2.05, 4.69) is 55.3 Å². The molecule has 24 heavy (non-hydrogen) atoms. The zero-order valence-corrected chi connectivity index (χ0v) is 15.5. The van der Waals surface area contributed by atoms with E-state index in [1.165, 1.54) is 0 Å². The van der Waals surface area contributed by atoms with Crippen LogP contribution >= 0.6 is 15.9 Å². The molecule has 0 bridgehead atoms. The first-order chi connectivity index (χ1) is 11.7. The summed E-state index contributed by atoms with van der Waals surface area (Å²) in [6, 6.07) is 18.6. The molecule has 0 saturated carbocycles. The monoisotopic (exact) mass is 389 g/mol. The number of hydrogen-bond acceptors (Lipinski definition) is 4. The molecule has 128 valence electrons. The Balaban J connectivity index is 2.02. The molecule has 0 radical (unpaired) electrons. The maximum atomic E-state index is 10.6. The summed E-state index contributed by atoms with van der Waals surface area (Å²) in [5, 5.41) is 14.0. The Kier molecular flexibility index (Phi) is 5.89. The minimum atomic E-state index is -0.480. The van der Waals surface area contributed by atoms with Gasteiger partial charge in [-0.05, 0) is 43.3 Å². The third-order valence-electron chi connectivity index (χ3n) is 4.36. The van der Waals surface area contributed by atoms with Gasteiger partial charge in [-0.3, -0.25) is 4.90 Å². The number of nitrogens with one attached hydrogen (secondary N) is 1. The number of rotatable bonds is 5. The largest absolute Gasteiger partial charge is 0.390 e. The summed E-state index contributed by atoms with van der Waals surface area (Å²) < 4.78 is 1.05. The third kappa shape index (κ3) is 3.98. The maximum Gasteiger partial charge on any atom is 0.113 e. The summed E-state index contributed by atoms with van der Waals surface area (Å²) in [6.45, 7) is 5.63. The zero-order chi connectivity index (χ0) is 16.9. The lowest BCUT2D eigenvalue weighted by molar-refractivity contribution is 0.0566. The summed E-state index contributed by atoms with van der Waals surface area (Å²) >= 11 is 3.51. The predicted molar refractivity (Wildman–Crippen MR) is 103 cm³/mol. The van der Waals surface area contributed by atoms with Crippen molar-refractivity contribution in [1.29, 1.82) is 0 Å². The van der Waals surface area contributed by atoms with Crippen molar-refractivity contribution in [1.82, 2.24) is 10.2 Å². The first-order valence-corrected chi connectivity index (χ1v) is 9.19. The number of anilines is 2. The van der Waals surface area contributed by atoms with Crippen molar-refractivity contribution in [2.24, 2.45) is 0 Å². The molecule has 0 aliphatic carbocycles. The molecule has 1 aliphatic rings. The average molecular weight is 390 g/mol. The number of hydrogen-bond donors (Lipinski definition) is 2. The van der Waals surface area contributed by atoms with Gasteiger partial charge in [-0.1, -0.05) is 34.1 Å². The first-order valence-electron chi connectivity index (χ1n) is 8.39. The number of halogens is 1. The number of benzene rings is 2. The predicted octanol–water partition coefficient (Wildman–Crippen LogP) is 3.20. The van der Waals surface area contributed by atoms with Gasteiger partial charge in [-0.25, -0.2) is 0 Å². The van der Waals surface area contributed by atoms with Crippen molar-refractivity contribution in [2.45, 2.75) is 19.2 Å². The molecule has 0 spiro atoms. The Morgan fingerprint density at radius 3 is 2.17 bits per heavy atom. The van der Waals surface area contributed by atoms with Crippen LogP contribution in [0.1, 0.15) is 6.92 Å². The minimum absolute atomic E-state index is 0.101. The van der Waals surface area contributed by atoms with Gasteiger partial charge in [0.15, 0.2) is 0 Å². The van der Waals surface area contributed by atoms with Crippen LogP contribution in [0.3, 0.4) is 0 Å². The van der Waals surface area contributed by atoms with Gasteiger partial charge in [0.25, 0.3) is 0 Å². The standard InChI is InChI=1S/C19H24BrN3O/c1-15(24)19(22-13-11-21-12-14-22)23(17-5-3-2-4-6-17)18-9-7-16(20)8-10-18/h2-10,15,19,21,24H,11-14H2,1H3. The Morgan fingerprint density at radius 2 is 1.58 bits per heavy atom. The molecular formula is C19H24BrN3O. The lowest BCUT2D eigenvalue weighted by Crippen LogP contribution is -2.58. The molecule has 2 unspecified atom stereocenters. The van der Waals surface area contributed by atoms with E-state index in [1.54, 1.807) is 0 Å². The van der Waals surface area contributed by atoms with Crippen molar-refractivity contribution in [2.75, 3.05) is 31.1 Å². The summed E-state index contributed by atoms with van der Waals surface area (Å²) in [7, 11) is 0. The number of para-hydroxylation sites is 1. The van der Waals surface area contributed by atoms with E-state index < -0.39 is 6.10 Å². The second-order valence-corrected chi connectivity index (χ2v) is 7.04. The molecule has 1 fully saturated rings. The Bertz CT molecular complexity index is 627. The quantitative estimate of drug-likeness (QED) is 0.823. The zero-order valence-electron chi connectivity index (χ0n) is 13.9. The fourth-order valence-electron chi connectivity index (χ4n) is 3.28. The molecule has 0 amide bonds. The van der Waals surface area contributed by atoms with Gasteiger partial charge < -0.3 is 15.3 Å². The Labute approximate surface area is 152 Å². The van der Waals surface area contributed by atoms with Crippen LogP contribution in [0.25, 0.3) is 0 Å². The van der Waals surface area contributed by atoms with E-state index in [1.807, 2.05) is 37.3 Å². The van der Waals surface area contributed by atoms with E-state index >= 15 is 0 Å². The number of aliphatic hydroxyl groups is 1. The van der Waals surface area contributed by atoms with Crippen LogP contribution < -0.4 is 10.2 Å². The third-order valence-corrected chi connectivity index (χ3v) is 4.89. The highest BCUT2D eigenvalue weighted by Crippen LogP contribution is 2.31. The lowest BCUT2D eigenvalue weighted by atomic mass is 10.1. The van der Waals surface area contributed by atoms with Crippen molar-refractivity contribution in [3.8, 4) is 0 Å². The number of aliphatic hydroxyl groups excluding tert-OH is 1. The van der Waals surface area contributed by atoms with Crippen LogP contribution in [-0.4, -0.2) is 48.5 Å². The first kappa shape index (κ1) is 17.4. The highest BCUT2D eigenvalue weighted by Gasteiger charge is 2.31. The fraction of sp³-hybridized carbons (Fsp3) is 0.368. The normalized spacial score (nSPS) is 18.1. The van der Waals surface area contributed by atoms with Crippen molar-refractivity contribution >= 4 is 27.3 Å². The fourth-order valence-corrected chi connectivity index (χ4v) is 3.54. The molecule has 0 aromatic heterocycles. The van der Waals surface area contributed by atoms with E-state index in [4.69, 9.17) is 0 Å². The molecule has 2 atom stereocenters. The SMILES string of the molecule is CC(O)C(N1CCNCC1)N(c1ccccc1)c1ccc(Br)cc1. The molecular weight excluding hydrogens is 366 g/mol. The summed E-state index contributed by atoms with van der Waals surface area (Å²) in [5.74, 6) is 0. The minimum Gasteiger partial charge on any atom is -0.390 e. The molecule has 1 aliphatic heterocycles. The van der Waals surface area contributed by atoms with E-state index in [9.17, 15) is 5.11 Å². The van der Waals surface area contributed by atoms with Crippen LogP contribution in [-0.2, 0) is 0 Å². The second kappa shape index (κ2) is 8.12. The second-order valence-electron chi connectivity index (χ2n) is 6.12.